The number of fused-ring (bicyclic) bond motifs is 1. The Bertz CT molecular complexity index is 1290. The molecule has 0 amide bonds. The minimum atomic E-state index is -1.13. The van der Waals surface area contributed by atoms with Crippen LogP contribution in [-0.4, -0.2) is 20.3 Å². The van der Waals surface area contributed by atoms with Crippen molar-refractivity contribution in [2.75, 3.05) is 5.32 Å². The first-order chi connectivity index (χ1) is 15.5. The van der Waals surface area contributed by atoms with Crippen molar-refractivity contribution in [1.82, 2.24) is 15.2 Å². The summed E-state index contributed by atoms with van der Waals surface area (Å²) in [6.07, 6.45) is 0.943. The summed E-state index contributed by atoms with van der Waals surface area (Å²) in [5.74, 6) is -0.130. The van der Waals surface area contributed by atoms with Crippen LogP contribution < -0.4 is 5.32 Å². The molecule has 0 bridgehead atoms. The van der Waals surface area contributed by atoms with E-state index in [4.69, 9.17) is 4.42 Å². The number of aromatic nitrogens is 3. The molecule has 0 aliphatic rings. The highest BCUT2D eigenvalue weighted by Gasteiger charge is 2.31. The summed E-state index contributed by atoms with van der Waals surface area (Å²) < 4.78 is 18.9. The molecule has 2 aromatic heterocycles. The molecule has 2 N–H and O–H groups in total. The topological polar surface area (TPSA) is 108 Å². The summed E-state index contributed by atoms with van der Waals surface area (Å²) in [6, 6.07) is 15.9. The largest absolute Gasteiger partial charge is 0.405 e. The highest BCUT2D eigenvalue weighted by molar-refractivity contribution is 5.95. The van der Waals surface area contributed by atoms with Crippen molar-refractivity contribution < 1.29 is 13.9 Å². The van der Waals surface area contributed by atoms with E-state index in [1.807, 2.05) is 32.0 Å². The van der Waals surface area contributed by atoms with Gasteiger partial charge in [-0.25, -0.2) is 9.37 Å². The third-order valence-electron chi connectivity index (χ3n) is 5.58. The Kier molecular flexibility index (Phi) is 5.84. The van der Waals surface area contributed by atoms with Gasteiger partial charge in [0.15, 0.2) is 0 Å². The standard InChI is InChI=1S/C24H22FN5O2/c1-3-24(31,4-2)22-29-30-23(32-22)27-14-15-5-10-19-20(16-6-8-17(25)9-7-16)12-18(13-26)28-21(19)11-15/h5-12,31H,3-4,14H2,1-2H3,(H,27,30). The molecule has 0 aliphatic heterocycles. The van der Waals surface area contributed by atoms with Crippen LogP contribution in [0, 0.1) is 17.1 Å². The van der Waals surface area contributed by atoms with Crippen LogP contribution in [0.3, 0.4) is 0 Å². The zero-order chi connectivity index (χ0) is 22.7. The molecule has 0 saturated carbocycles. The van der Waals surface area contributed by atoms with E-state index in [0.29, 0.717) is 24.9 Å². The van der Waals surface area contributed by atoms with Crippen LogP contribution in [0.15, 0.2) is 52.9 Å². The van der Waals surface area contributed by atoms with Crippen LogP contribution in [0.4, 0.5) is 10.4 Å². The number of aliphatic hydroxyl groups is 1. The van der Waals surface area contributed by atoms with Crippen LogP contribution in [0.25, 0.3) is 22.0 Å². The number of nitrogens with zero attached hydrogens (tertiary/aromatic N) is 4. The first-order valence-corrected chi connectivity index (χ1v) is 10.4. The molecule has 0 unspecified atom stereocenters. The van der Waals surface area contributed by atoms with Gasteiger partial charge in [0.25, 0.3) is 0 Å². The molecule has 32 heavy (non-hydrogen) atoms. The zero-order valence-corrected chi connectivity index (χ0v) is 17.8. The van der Waals surface area contributed by atoms with Crippen molar-refractivity contribution in [3.05, 3.63) is 71.5 Å². The van der Waals surface area contributed by atoms with E-state index in [2.05, 4.69) is 26.6 Å². The van der Waals surface area contributed by atoms with Gasteiger partial charge in [-0.1, -0.05) is 43.2 Å². The van der Waals surface area contributed by atoms with E-state index in [0.717, 1.165) is 22.1 Å². The average Bonchev–Trinajstić information content (AvgIpc) is 3.31. The monoisotopic (exact) mass is 431 g/mol. The smallest absolute Gasteiger partial charge is 0.315 e. The molecular formula is C24H22FN5O2. The number of nitriles is 1. The Balaban J connectivity index is 1.61. The maximum atomic E-state index is 13.3. The summed E-state index contributed by atoms with van der Waals surface area (Å²) in [5.41, 5.74) is 2.31. The summed E-state index contributed by atoms with van der Waals surface area (Å²) >= 11 is 0. The number of hydrogen-bond donors (Lipinski definition) is 2. The van der Waals surface area contributed by atoms with Crippen LogP contribution >= 0.6 is 0 Å². The molecular weight excluding hydrogens is 409 g/mol. The van der Waals surface area contributed by atoms with Gasteiger partial charge in [0, 0.05) is 11.9 Å². The lowest BCUT2D eigenvalue weighted by atomic mass is 9.98. The molecule has 4 rings (SSSR count). The van der Waals surface area contributed by atoms with Gasteiger partial charge in [-0.3, -0.25) is 0 Å². The Labute approximate surface area is 184 Å². The van der Waals surface area contributed by atoms with Gasteiger partial charge in [-0.15, -0.1) is 5.10 Å². The van der Waals surface area contributed by atoms with Gasteiger partial charge in [-0.05, 0) is 53.8 Å². The molecule has 7 nitrogen and oxygen atoms in total. The number of benzene rings is 2. The predicted octanol–water partition coefficient (Wildman–Crippen LogP) is 4.92. The normalized spacial score (nSPS) is 11.5. The second kappa shape index (κ2) is 8.73. The van der Waals surface area contributed by atoms with E-state index >= 15 is 0 Å². The van der Waals surface area contributed by atoms with Crippen molar-refractivity contribution in [3.8, 4) is 17.2 Å². The minimum Gasteiger partial charge on any atom is -0.405 e. The summed E-state index contributed by atoms with van der Waals surface area (Å²) in [4.78, 5) is 4.42. The molecule has 8 heteroatoms. The Morgan fingerprint density at radius 3 is 2.53 bits per heavy atom. The lowest BCUT2D eigenvalue weighted by Gasteiger charge is -2.19. The van der Waals surface area contributed by atoms with Gasteiger partial charge >= 0.3 is 6.01 Å². The maximum Gasteiger partial charge on any atom is 0.315 e. The van der Waals surface area contributed by atoms with Crippen molar-refractivity contribution in [2.45, 2.75) is 38.8 Å². The Hall–Kier alpha value is -3.83. The summed E-state index contributed by atoms with van der Waals surface area (Å²) in [7, 11) is 0. The lowest BCUT2D eigenvalue weighted by Crippen LogP contribution is -2.23. The summed E-state index contributed by atoms with van der Waals surface area (Å²) in [5, 5.41) is 31.8. The minimum absolute atomic E-state index is 0.188. The molecule has 162 valence electrons. The zero-order valence-electron chi connectivity index (χ0n) is 17.8. The molecule has 0 aliphatic carbocycles. The van der Waals surface area contributed by atoms with E-state index in [-0.39, 0.29) is 23.4 Å². The third kappa shape index (κ3) is 4.15. The third-order valence-corrected chi connectivity index (χ3v) is 5.58. The average molecular weight is 431 g/mol. The molecule has 0 atom stereocenters. The number of pyridine rings is 1. The van der Waals surface area contributed by atoms with E-state index in [9.17, 15) is 14.8 Å². The lowest BCUT2D eigenvalue weighted by molar-refractivity contribution is 0.00206. The molecule has 4 aromatic rings. The molecule has 0 spiro atoms. The van der Waals surface area contributed by atoms with Crippen molar-refractivity contribution in [1.29, 1.82) is 5.26 Å². The number of nitrogens with one attached hydrogen (secondary N) is 1. The van der Waals surface area contributed by atoms with Crippen molar-refractivity contribution >= 4 is 16.9 Å². The SMILES string of the molecule is CCC(O)(CC)c1nnc(NCc2ccc3c(-c4ccc(F)cc4)cc(C#N)nc3c2)o1. The second-order valence-corrected chi connectivity index (χ2v) is 7.53. The fraction of sp³-hybridized carbons (Fsp3) is 0.250. The Morgan fingerprint density at radius 2 is 1.84 bits per heavy atom. The molecule has 2 heterocycles. The van der Waals surface area contributed by atoms with Crippen molar-refractivity contribution in [3.63, 3.8) is 0 Å². The maximum absolute atomic E-state index is 13.3. The Morgan fingerprint density at radius 1 is 1.09 bits per heavy atom. The first kappa shape index (κ1) is 21.4. The van der Waals surface area contributed by atoms with E-state index in [1.165, 1.54) is 12.1 Å². The molecule has 0 radical (unpaired) electrons. The molecule has 0 fully saturated rings. The van der Waals surface area contributed by atoms with Gasteiger partial charge in [0.1, 0.15) is 23.2 Å². The van der Waals surface area contributed by atoms with Gasteiger partial charge in [0.2, 0.25) is 5.89 Å². The quantitative estimate of drug-likeness (QED) is 0.428. The summed E-state index contributed by atoms with van der Waals surface area (Å²) in [6.45, 7) is 4.11. The second-order valence-electron chi connectivity index (χ2n) is 7.53. The van der Waals surface area contributed by atoms with Crippen LogP contribution in [0.2, 0.25) is 0 Å². The van der Waals surface area contributed by atoms with E-state index in [1.54, 1.807) is 18.2 Å². The molecule has 2 aromatic carbocycles. The number of anilines is 1. The predicted molar refractivity (Wildman–Crippen MR) is 118 cm³/mol. The van der Waals surface area contributed by atoms with Crippen LogP contribution in [-0.2, 0) is 12.1 Å². The van der Waals surface area contributed by atoms with Crippen molar-refractivity contribution in [2.24, 2.45) is 0 Å². The van der Waals surface area contributed by atoms with E-state index < -0.39 is 5.60 Å². The molecule has 0 saturated heterocycles. The van der Waals surface area contributed by atoms with Crippen LogP contribution in [0.5, 0.6) is 0 Å². The fourth-order valence-corrected chi connectivity index (χ4v) is 3.52. The number of rotatable bonds is 7. The fourth-order valence-electron chi connectivity index (χ4n) is 3.52. The number of hydrogen-bond acceptors (Lipinski definition) is 7. The highest BCUT2D eigenvalue weighted by atomic mass is 19.1. The number of halogens is 1. The van der Waals surface area contributed by atoms with Gasteiger partial charge in [0.05, 0.1) is 5.52 Å². The van der Waals surface area contributed by atoms with Gasteiger partial charge < -0.3 is 14.8 Å². The van der Waals surface area contributed by atoms with Gasteiger partial charge in [-0.2, -0.15) is 5.26 Å². The first-order valence-electron chi connectivity index (χ1n) is 10.4. The van der Waals surface area contributed by atoms with Crippen LogP contribution in [0.1, 0.15) is 43.8 Å². The highest BCUT2D eigenvalue weighted by Crippen LogP contribution is 2.30.